The third-order valence-corrected chi connectivity index (χ3v) is 5.65. The molecule has 0 bridgehead atoms. The highest BCUT2D eigenvalue weighted by atomic mass is 16.3. The average molecular weight is 343 g/mol. The van der Waals surface area contributed by atoms with Crippen molar-refractivity contribution in [3.05, 3.63) is 35.2 Å². The third-order valence-electron chi connectivity index (χ3n) is 5.65. The molecule has 2 aliphatic rings. The Balaban J connectivity index is 1.35. The number of hydrogen-bond donors (Lipinski definition) is 3. The number of carbonyl (C=O) groups is 1. The first-order valence-corrected chi connectivity index (χ1v) is 9.12. The number of aromatic amines is 1. The minimum absolute atomic E-state index is 0.0511. The predicted octanol–water partition coefficient (Wildman–Crippen LogP) is 1.31. The van der Waals surface area contributed by atoms with Gasteiger partial charge in [-0.25, -0.2) is 0 Å². The summed E-state index contributed by atoms with van der Waals surface area (Å²) in [6.07, 6.45) is 7.22. The molecule has 1 saturated carbocycles. The lowest BCUT2D eigenvalue weighted by atomic mass is 9.98. The molecule has 0 aliphatic heterocycles. The minimum atomic E-state index is -0.418. The van der Waals surface area contributed by atoms with Crippen molar-refractivity contribution in [1.82, 2.24) is 25.1 Å². The van der Waals surface area contributed by atoms with E-state index in [1.807, 2.05) is 17.7 Å². The molecule has 0 spiro atoms. The lowest BCUT2D eigenvalue weighted by molar-refractivity contribution is 0.0912. The minimum Gasteiger partial charge on any atom is -0.393 e. The zero-order valence-electron chi connectivity index (χ0n) is 14.5. The first-order valence-electron chi connectivity index (χ1n) is 9.12. The van der Waals surface area contributed by atoms with Crippen LogP contribution in [0.25, 0.3) is 0 Å². The zero-order valence-corrected chi connectivity index (χ0v) is 14.5. The van der Waals surface area contributed by atoms with Gasteiger partial charge in [0.05, 0.1) is 6.10 Å². The van der Waals surface area contributed by atoms with Gasteiger partial charge in [0, 0.05) is 31.1 Å². The van der Waals surface area contributed by atoms with Gasteiger partial charge in [-0.05, 0) is 50.2 Å². The molecule has 2 aliphatic carbocycles. The van der Waals surface area contributed by atoms with Gasteiger partial charge in [-0.15, -0.1) is 10.2 Å². The summed E-state index contributed by atoms with van der Waals surface area (Å²) < 4.78 is 1.90. The Morgan fingerprint density at radius 3 is 3.00 bits per heavy atom. The van der Waals surface area contributed by atoms with Gasteiger partial charge in [0.25, 0.3) is 5.91 Å². The topological polar surface area (TPSA) is 95.8 Å². The lowest BCUT2D eigenvalue weighted by Crippen LogP contribution is -2.32. The van der Waals surface area contributed by atoms with E-state index in [4.69, 9.17) is 0 Å². The molecule has 2 heterocycles. The molecular formula is C18H25N5O2. The number of rotatable bonds is 4. The third kappa shape index (κ3) is 3.20. The fourth-order valence-corrected chi connectivity index (χ4v) is 4.24. The van der Waals surface area contributed by atoms with Crippen LogP contribution >= 0.6 is 0 Å². The van der Waals surface area contributed by atoms with E-state index in [2.05, 4.69) is 20.5 Å². The number of nitrogens with zero attached hydrogens (tertiary/aromatic N) is 3. The highest BCUT2D eigenvalue weighted by Gasteiger charge is 2.36. The molecule has 1 amide bonds. The molecular weight excluding hydrogens is 318 g/mol. The fraction of sp³-hybridized carbons (Fsp3) is 0.611. The Kier molecular flexibility index (Phi) is 4.33. The highest BCUT2D eigenvalue weighted by molar-refractivity contribution is 5.92. The molecule has 3 atom stereocenters. The molecule has 7 heteroatoms. The molecule has 0 radical (unpaired) electrons. The number of aliphatic hydroxyl groups excluding tert-OH is 1. The predicted molar refractivity (Wildman–Crippen MR) is 92.2 cm³/mol. The highest BCUT2D eigenvalue weighted by Crippen LogP contribution is 2.37. The first-order chi connectivity index (χ1) is 12.1. The molecule has 7 nitrogen and oxygen atoms in total. The summed E-state index contributed by atoms with van der Waals surface area (Å²) in [7, 11) is 1.92. The number of fused-ring (bicyclic) bond motifs is 1. The van der Waals surface area contributed by atoms with Crippen LogP contribution in [0.4, 0.5) is 0 Å². The quantitative estimate of drug-likeness (QED) is 0.780. The second kappa shape index (κ2) is 6.63. The molecule has 0 aromatic carbocycles. The Morgan fingerprint density at radius 2 is 2.24 bits per heavy atom. The van der Waals surface area contributed by atoms with E-state index < -0.39 is 6.10 Å². The molecule has 4 rings (SSSR count). The van der Waals surface area contributed by atoms with E-state index in [0.29, 0.717) is 18.7 Å². The summed E-state index contributed by atoms with van der Waals surface area (Å²) in [5.74, 6) is 1.08. The standard InChI is InChI=1S/C18H25N5O2/c1-23-10-20-22-17(23)12-6-13(16(24)8-12)9-19-18(25)15-7-11-4-2-3-5-14(11)21-15/h7,10,12-13,16,21,24H,2-6,8-9H2,1H3,(H,19,25)/t12-,13+,16+/m0/s1. The summed E-state index contributed by atoms with van der Waals surface area (Å²) in [5, 5.41) is 21.4. The smallest absolute Gasteiger partial charge is 0.267 e. The normalized spacial score (nSPS) is 25.8. The van der Waals surface area contributed by atoms with Crippen LogP contribution in [0, 0.1) is 5.92 Å². The van der Waals surface area contributed by atoms with Crippen LogP contribution in [0.1, 0.15) is 59.2 Å². The van der Waals surface area contributed by atoms with E-state index in [1.165, 1.54) is 24.1 Å². The number of aryl methyl sites for hydroxylation is 3. The van der Waals surface area contributed by atoms with Crippen molar-refractivity contribution in [2.45, 2.75) is 50.5 Å². The van der Waals surface area contributed by atoms with Crippen molar-refractivity contribution >= 4 is 5.91 Å². The summed E-state index contributed by atoms with van der Waals surface area (Å²) >= 11 is 0. The first kappa shape index (κ1) is 16.3. The van der Waals surface area contributed by atoms with Crippen molar-refractivity contribution in [3.63, 3.8) is 0 Å². The molecule has 25 heavy (non-hydrogen) atoms. The van der Waals surface area contributed by atoms with E-state index in [1.54, 1.807) is 6.33 Å². The molecule has 1 fully saturated rings. The number of carbonyl (C=O) groups excluding carboxylic acids is 1. The molecule has 2 aromatic rings. The van der Waals surface area contributed by atoms with E-state index in [-0.39, 0.29) is 17.7 Å². The largest absolute Gasteiger partial charge is 0.393 e. The second-order valence-corrected chi connectivity index (χ2v) is 7.40. The Labute approximate surface area is 146 Å². The van der Waals surface area contributed by atoms with Crippen LogP contribution in [-0.4, -0.2) is 43.4 Å². The SMILES string of the molecule is Cn1cnnc1[C@H]1C[C@H](CNC(=O)c2cc3c([nH]2)CCCC3)[C@H](O)C1. The maximum Gasteiger partial charge on any atom is 0.267 e. The second-order valence-electron chi connectivity index (χ2n) is 7.40. The Hall–Kier alpha value is -2.15. The number of nitrogens with one attached hydrogen (secondary N) is 2. The van der Waals surface area contributed by atoms with Gasteiger partial charge in [0.15, 0.2) is 0 Å². The van der Waals surface area contributed by atoms with E-state index in [0.717, 1.165) is 25.1 Å². The number of aliphatic hydroxyl groups is 1. The fourth-order valence-electron chi connectivity index (χ4n) is 4.24. The zero-order chi connectivity index (χ0) is 17.4. The molecule has 2 aromatic heterocycles. The number of aromatic nitrogens is 4. The summed E-state index contributed by atoms with van der Waals surface area (Å²) in [6.45, 7) is 0.484. The maximum absolute atomic E-state index is 12.4. The van der Waals surface area contributed by atoms with Crippen molar-refractivity contribution < 1.29 is 9.90 Å². The number of H-pyrrole nitrogens is 1. The lowest BCUT2D eigenvalue weighted by Gasteiger charge is -2.14. The number of amides is 1. The van der Waals surface area contributed by atoms with E-state index in [9.17, 15) is 9.90 Å². The average Bonchev–Trinajstić information content (AvgIpc) is 3.30. The van der Waals surface area contributed by atoms with Crippen LogP contribution in [-0.2, 0) is 19.9 Å². The monoisotopic (exact) mass is 343 g/mol. The van der Waals surface area contributed by atoms with Gasteiger partial charge < -0.3 is 20.0 Å². The van der Waals surface area contributed by atoms with Gasteiger partial charge in [-0.3, -0.25) is 4.79 Å². The van der Waals surface area contributed by atoms with Gasteiger partial charge >= 0.3 is 0 Å². The van der Waals surface area contributed by atoms with Crippen molar-refractivity contribution in [2.75, 3.05) is 6.54 Å². The Morgan fingerprint density at radius 1 is 1.40 bits per heavy atom. The number of hydrogen-bond acceptors (Lipinski definition) is 4. The van der Waals surface area contributed by atoms with Crippen LogP contribution < -0.4 is 5.32 Å². The molecule has 0 saturated heterocycles. The molecule has 134 valence electrons. The summed E-state index contributed by atoms with van der Waals surface area (Å²) in [5.41, 5.74) is 3.13. The van der Waals surface area contributed by atoms with Gasteiger partial charge in [0.2, 0.25) is 0 Å². The van der Waals surface area contributed by atoms with Crippen LogP contribution in [0.2, 0.25) is 0 Å². The summed E-state index contributed by atoms with van der Waals surface area (Å²) in [6, 6.07) is 1.98. The van der Waals surface area contributed by atoms with Gasteiger partial charge in [-0.1, -0.05) is 0 Å². The van der Waals surface area contributed by atoms with E-state index >= 15 is 0 Å². The van der Waals surface area contributed by atoms with Crippen molar-refractivity contribution in [1.29, 1.82) is 0 Å². The van der Waals surface area contributed by atoms with Crippen molar-refractivity contribution in [2.24, 2.45) is 13.0 Å². The van der Waals surface area contributed by atoms with Crippen LogP contribution in [0.5, 0.6) is 0 Å². The Bertz CT molecular complexity index is 742. The maximum atomic E-state index is 12.4. The molecule has 3 N–H and O–H groups in total. The van der Waals surface area contributed by atoms with Crippen LogP contribution in [0.3, 0.4) is 0 Å². The van der Waals surface area contributed by atoms with Crippen molar-refractivity contribution in [3.8, 4) is 0 Å². The van der Waals surface area contributed by atoms with Crippen LogP contribution in [0.15, 0.2) is 12.4 Å². The molecule has 0 unspecified atom stereocenters. The summed E-state index contributed by atoms with van der Waals surface area (Å²) in [4.78, 5) is 15.7. The van der Waals surface area contributed by atoms with Gasteiger partial charge in [0.1, 0.15) is 17.8 Å². The van der Waals surface area contributed by atoms with Gasteiger partial charge in [-0.2, -0.15) is 0 Å².